The van der Waals surface area contributed by atoms with Gasteiger partial charge in [0.05, 0.1) is 5.69 Å². The number of nitrogens with one attached hydrogen (secondary N) is 1. The van der Waals surface area contributed by atoms with Gasteiger partial charge in [-0.05, 0) is 96.1 Å². The molecule has 1 aromatic heterocycles. The van der Waals surface area contributed by atoms with E-state index < -0.39 is 0 Å². The third-order valence-electron chi connectivity index (χ3n) is 8.45. The molecule has 7 nitrogen and oxygen atoms in total. The van der Waals surface area contributed by atoms with Gasteiger partial charge in [-0.2, -0.15) is 0 Å². The number of anilines is 1. The van der Waals surface area contributed by atoms with Gasteiger partial charge in [0.15, 0.2) is 0 Å². The first-order chi connectivity index (χ1) is 18.2. The van der Waals surface area contributed by atoms with Crippen molar-refractivity contribution < 1.29 is 4.79 Å². The second-order valence-corrected chi connectivity index (χ2v) is 11.0. The van der Waals surface area contributed by atoms with Crippen molar-refractivity contribution in [1.82, 2.24) is 25.0 Å². The molecule has 7 heteroatoms. The molecule has 37 heavy (non-hydrogen) atoms. The highest BCUT2D eigenvalue weighted by atomic mass is 16.1. The Labute approximate surface area is 222 Å². The number of nitrogens with zero attached hydrogens (tertiary/aromatic N) is 5. The molecule has 0 spiro atoms. The van der Waals surface area contributed by atoms with Crippen molar-refractivity contribution in [2.75, 3.05) is 77.4 Å². The van der Waals surface area contributed by atoms with Gasteiger partial charge < -0.3 is 24.9 Å². The summed E-state index contributed by atoms with van der Waals surface area (Å²) in [6, 6.07) is 13.1. The van der Waals surface area contributed by atoms with E-state index in [1.165, 1.54) is 64.0 Å². The molecule has 3 saturated heterocycles. The van der Waals surface area contributed by atoms with Crippen molar-refractivity contribution in [3.63, 3.8) is 0 Å². The minimum Gasteiger partial charge on any atom is -0.369 e. The summed E-state index contributed by atoms with van der Waals surface area (Å²) >= 11 is 0. The molecular formula is C30H44N6O. The van der Waals surface area contributed by atoms with Gasteiger partial charge in [-0.25, -0.2) is 0 Å². The van der Waals surface area contributed by atoms with Crippen molar-refractivity contribution in [3.8, 4) is 11.3 Å². The van der Waals surface area contributed by atoms with E-state index in [9.17, 15) is 4.79 Å². The standard InChI is InChI=1S/C30H44N6O/c1-33-20-22-36(23-21-33)27-8-6-25(7-9-27)29-24-26(10-14-31-29)30(37)32-13-5-15-34-18-11-28(12-19-34)35-16-3-2-4-17-35/h6-10,14,24,28H,2-5,11-13,15-23H2,1H3,(H,32,37). The molecule has 0 radical (unpaired) electrons. The zero-order valence-corrected chi connectivity index (χ0v) is 22.6. The van der Waals surface area contributed by atoms with E-state index in [1.54, 1.807) is 6.20 Å². The van der Waals surface area contributed by atoms with E-state index in [0.29, 0.717) is 12.1 Å². The van der Waals surface area contributed by atoms with Gasteiger partial charge >= 0.3 is 0 Å². The van der Waals surface area contributed by atoms with Crippen molar-refractivity contribution in [3.05, 3.63) is 48.2 Å². The van der Waals surface area contributed by atoms with Gasteiger partial charge in [-0.15, -0.1) is 0 Å². The van der Waals surface area contributed by atoms with Gasteiger partial charge in [0.2, 0.25) is 0 Å². The lowest BCUT2D eigenvalue weighted by molar-refractivity contribution is 0.0903. The maximum atomic E-state index is 12.8. The molecule has 3 aliphatic heterocycles. The third kappa shape index (κ3) is 7.09. The molecular weight excluding hydrogens is 460 g/mol. The summed E-state index contributed by atoms with van der Waals surface area (Å²) in [7, 11) is 2.18. The Morgan fingerprint density at radius 2 is 1.65 bits per heavy atom. The average Bonchev–Trinajstić information content (AvgIpc) is 2.96. The predicted molar refractivity (Wildman–Crippen MR) is 151 cm³/mol. The summed E-state index contributed by atoms with van der Waals surface area (Å²) in [5.74, 6) is -0.0125. The Balaban J connectivity index is 1.05. The molecule has 0 bridgehead atoms. The number of piperazine rings is 1. The molecule has 4 heterocycles. The molecule has 3 aliphatic rings. The number of rotatable bonds is 8. The number of amides is 1. The highest BCUT2D eigenvalue weighted by Gasteiger charge is 2.25. The number of aromatic nitrogens is 1. The van der Waals surface area contributed by atoms with E-state index in [0.717, 1.165) is 56.4 Å². The number of likely N-dealkylation sites (tertiary alicyclic amines) is 2. The third-order valence-corrected chi connectivity index (χ3v) is 8.45. The zero-order valence-electron chi connectivity index (χ0n) is 22.6. The normalized spacial score (nSPS) is 20.7. The van der Waals surface area contributed by atoms with Crippen molar-refractivity contribution >= 4 is 11.6 Å². The molecule has 3 fully saturated rings. The van der Waals surface area contributed by atoms with Crippen LogP contribution in [0.2, 0.25) is 0 Å². The minimum absolute atomic E-state index is 0.0125. The quantitative estimate of drug-likeness (QED) is 0.555. The second kappa shape index (κ2) is 12.9. The van der Waals surface area contributed by atoms with Crippen LogP contribution < -0.4 is 10.2 Å². The largest absolute Gasteiger partial charge is 0.369 e. The molecule has 5 rings (SSSR count). The van der Waals surface area contributed by atoms with Gasteiger partial charge in [0.1, 0.15) is 0 Å². The topological polar surface area (TPSA) is 55.0 Å². The Morgan fingerprint density at radius 1 is 0.919 bits per heavy atom. The van der Waals surface area contributed by atoms with Crippen molar-refractivity contribution in [2.24, 2.45) is 0 Å². The minimum atomic E-state index is -0.0125. The summed E-state index contributed by atoms with van der Waals surface area (Å²) < 4.78 is 0. The van der Waals surface area contributed by atoms with Crippen LogP contribution in [-0.2, 0) is 0 Å². The molecule has 1 N–H and O–H groups in total. The van der Waals surface area contributed by atoms with Crippen molar-refractivity contribution in [2.45, 2.75) is 44.6 Å². The van der Waals surface area contributed by atoms with E-state index in [2.05, 4.69) is 61.2 Å². The van der Waals surface area contributed by atoms with E-state index in [1.807, 2.05) is 12.1 Å². The number of likely N-dealkylation sites (N-methyl/N-ethyl adjacent to an activating group) is 1. The molecule has 2 aromatic rings. The molecule has 0 unspecified atom stereocenters. The van der Waals surface area contributed by atoms with E-state index >= 15 is 0 Å². The van der Waals surface area contributed by atoms with E-state index in [4.69, 9.17) is 0 Å². The van der Waals surface area contributed by atoms with Crippen LogP contribution in [0.3, 0.4) is 0 Å². The maximum Gasteiger partial charge on any atom is 0.251 e. The number of hydrogen-bond donors (Lipinski definition) is 1. The van der Waals surface area contributed by atoms with Crippen LogP contribution in [0.25, 0.3) is 11.3 Å². The molecule has 200 valence electrons. The Kier molecular flexibility index (Phi) is 9.08. The highest BCUT2D eigenvalue weighted by Crippen LogP contribution is 2.24. The van der Waals surface area contributed by atoms with Crippen molar-refractivity contribution in [1.29, 1.82) is 0 Å². The van der Waals surface area contributed by atoms with Crippen LogP contribution in [0.15, 0.2) is 42.6 Å². The Morgan fingerprint density at radius 3 is 2.38 bits per heavy atom. The summed E-state index contributed by atoms with van der Waals surface area (Å²) in [6.45, 7) is 11.1. The lowest BCUT2D eigenvalue weighted by atomic mass is 10.00. The molecule has 0 saturated carbocycles. The lowest BCUT2D eigenvalue weighted by Gasteiger charge is -2.40. The van der Waals surface area contributed by atoms with Crippen LogP contribution >= 0.6 is 0 Å². The average molecular weight is 505 g/mol. The summed E-state index contributed by atoms with van der Waals surface area (Å²) in [5, 5.41) is 3.12. The zero-order chi connectivity index (χ0) is 25.5. The van der Waals surface area contributed by atoms with Crippen LogP contribution in [0, 0.1) is 0 Å². The van der Waals surface area contributed by atoms with Crippen LogP contribution in [0.4, 0.5) is 5.69 Å². The number of pyridine rings is 1. The second-order valence-electron chi connectivity index (χ2n) is 11.0. The molecule has 0 aliphatic carbocycles. The SMILES string of the molecule is CN1CCN(c2ccc(-c3cc(C(=O)NCCCN4CCC(N5CCCCC5)CC4)ccn3)cc2)CC1. The fraction of sp³-hybridized carbons (Fsp3) is 0.600. The van der Waals surface area contributed by atoms with E-state index in [-0.39, 0.29) is 5.91 Å². The molecule has 0 atom stereocenters. The Hall–Kier alpha value is -2.48. The van der Waals surface area contributed by atoms with Gasteiger partial charge in [0.25, 0.3) is 5.91 Å². The van der Waals surface area contributed by atoms with Gasteiger partial charge in [0, 0.05) is 61.8 Å². The maximum absolute atomic E-state index is 12.8. The first kappa shape index (κ1) is 26.1. The summed E-state index contributed by atoms with van der Waals surface area (Å²) in [5.41, 5.74) is 3.81. The highest BCUT2D eigenvalue weighted by molar-refractivity contribution is 5.95. The number of benzene rings is 1. The number of piperidine rings is 2. The van der Waals surface area contributed by atoms with Crippen LogP contribution in [0.1, 0.15) is 48.9 Å². The smallest absolute Gasteiger partial charge is 0.251 e. The number of carbonyl (C=O) groups excluding carboxylic acids is 1. The molecule has 1 aromatic carbocycles. The number of carbonyl (C=O) groups is 1. The van der Waals surface area contributed by atoms with Crippen LogP contribution in [0.5, 0.6) is 0 Å². The number of hydrogen-bond acceptors (Lipinski definition) is 6. The summed E-state index contributed by atoms with van der Waals surface area (Å²) in [6.07, 6.45) is 9.48. The predicted octanol–water partition coefficient (Wildman–Crippen LogP) is 3.57. The summed E-state index contributed by atoms with van der Waals surface area (Å²) in [4.78, 5) is 27.4. The lowest BCUT2D eigenvalue weighted by Crippen LogP contribution is -2.47. The van der Waals surface area contributed by atoms with Crippen LogP contribution in [-0.4, -0.2) is 104 Å². The van der Waals surface area contributed by atoms with Gasteiger partial charge in [-0.3, -0.25) is 9.78 Å². The monoisotopic (exact) mass is 504 g/mol. The molecule has 1 amide bonds. The fourth-order valence-electron chi connectivity index (χ4n) is 6.04. The Bertz CT molecular complexity index is 989. The van der Waals surface area contributed by atoms with Gasteiger partial charge in [-0.1, -0.05) is 18.6 Å². The first-order valence-electron chi connectivity index (χ1n) is 14.4. The fourth-order valence-corrected chi connectivity index (χ4v) is 6.04. The first-order valence-corrected chi connectivity index (χ1v) is 14.4.